The molecule has 18 heavy (non-hydrogen) atoms. The first-order chi connectivity index (χ1) is 8.50. The van der Waals surface area contributed by atoms with Crippen molar-refractivity contribution >= 4 is 0 Å². The molecule has 0 saturated carbocycles. The molecule has 6 heteroatoms. The molecule has 0 unspecified atom stereocenters. The quantitative estimate of drug-likeness (QED) is 0.760. The van der Waals surface area contributed by atoms with E-state index in [0.29, 0.717) is 31.5 Å². The van der Waals surface area contributed by atoms with Crippen molar-refractivity contribution in [2.75, 3.05) is 13.1 Å². The number of piperidine rings is 1. The first-order valence-corrected chi connectivity index (χ1v) is 5.76. The molecular formula is C12H13F3N2O. The minimum atomic E-state index is -4.30. The van der Waals surface area contributed by atoms with E-state index in [0.717, 1.165) is 6.07 Å². The maximum absolute atomic E-state index is 12.6. The van der Waals surface area contributed by atoms with Gasteiger partial charge in [0.1, 0.15) is 0 Å². The third-order valence-corrected chi connectivity index (χ3v) is 3.27. The smallest absolute Gasteiger partial charge is 0.261 e. The van der Waals surface area contributed by atoms with Crippen LogP contribution in [0.25, 0.3) is 0 Å². The molecule has 1 fully saturated rings. The summed E-state index contributed by atoms with van der Waals surface area (Å²) in [6, 6.07) is 5.42. The molecule has 0 radical (unpaired) electrons. The molecule has 0 aromatic heterocycles. The predicted molar refractivity (Wildman–Crippen MR) is 60.8 cm³/mol. The number of halogens is 3. The first kappa shape index (κ1) is 12.9. The van der Waals surface area contributed by atoms with Gasteiger partial charge in [-0.15, -0.1) is 4.91 Å². The Balaban J connectivity index is 2.12. The molecule has 1 aromatic rings. The van der Waals surface area contributed by atoms with Gasteiger partial charge in [0.05, 0.1) is 10.8 Å². The molecule has 0 aliphatic carbocycles. The zero-order valence-electron chi connectivity index (χ0n) is 9.65. The van der Waals surface area contributed by atoms with Crippen LogP contribution >= 0.6 is 0 Å². The van der Waals surface area contributed by atoms with E-state index in [2.05, 4.69) is 5.29 Å². The Morgan fingerprint density at radius 3 is 2.44 bits per heavy atom. The maximum Gasteiger partial charge on any atom is 0.416 e. The fourth-order valence-corrected chi connectivity index (χ4v) is 2.25. The van der Waals surface area contributed by atoms with Crippen molar-refractivity contribution in [3.05, 3.63) is 40.3 Å². The van der Waals surface area contributed by atoms with Crippen molar-refractivity contribution in [1.82, 2.24) is 5.01 Å². The van der Waals surface area contributed by atoms with Gasteiger partial charge in [0.25, 0.3) is 0 Å². The molecular weight excluding hydrogens is 245 g/mol. The second-order valence-corrected chi connectivity index (χ2v) is 4.43. The van der Waals surface area contributed by atoms with Crippen LogP contribution < -0.4 is 0 Å². The number of rotatable bonds is 2. The summed E-state index contributed by atoms with van der Waals surface area (Å²) < 4.78 is 37.8. The van der Waals surface area contributed by atoms with E-state index < -0.39 is 11.7 Å². The van der Waals surface area contributed by atoms with Gasteiger partial charge in [0.2, 0.25) is 0 Å². The molecule has 1 saturated heterocycles. The highest BCUT2D eigenvalue weighted by atomic mass is 19.4. The maximum atomic E-state index is 12.6. The lowest BCUT2D eigenvalue weighted by atomic mass is 9.89. The standard InChI is InChI=1S/C12H13F3N2O/c13-12(14,15)11-3-1-2-10(8-11)9-4-6-17(16-18)7-5-9/h1-3,8-9H,4-7H2. The Labute approximate surface area is 103 Å². The highest BCUT2D eigenvalue weighted by Crippen LogP contribution is 2.34. The normalized spacial score (nSPS) is 17.8. The van der Waals surface area contributed by atoms with E-state index >= 15 is 0 Å². The fourth-order valence-electron chi connectivity index (χ4n) is 2.25. The van der Waals surface area contributed by atoms with Crippen molar-refractivity contribution in [3.63, 3.8) is 0 Å². The van der Waals surface area contributed by atoms with Crippen LogP contribution in [0.1, 0.15) is 29.9 Å². The number of hydrogen-bond acceptors (Lipinski definition) is 2. The molecule has 0 N–H and O–H groups in total. The molecule has 0 bridgehead atoms. The lowest BCUT2D eigenvalue weighted by Crippen LogP contribution is -2.28. The Bertz CT molecular complexity index is 426. The highest BCUT2D eigenvalue weighted by Gasteiger charge is 2.31. The monoisotopic (exact) mass is 258 g/mol. The van der Waals surface area contributed by atoms with E-state index in [1.165, 1.54) is 17.1 Å². The molecule has 0 amide bonds. The van der Waals surface area contributed by atoms with Crippen LogP contribution in [0.3, 0.4) is 0 Å². The van der Waals surface area contributed by atoms with Crippen LogP contribution in [0.4, 0.5) is 13.2 Å². The van der Waals surface area contributed by atoms with Gasteiger partial charge in [-0.05, 0) is 30.4 Å². The van der Waals surface area contributed by atoms with Gasteiger partial charge in [-0.2, -0.15) is 13.2 Å². The van der Waals surface area contributed by atoms with Crippen LogP contribution in [-0.4, -0.2) is 18.1 Å². The average molecular weight is 258 g/mol. The predicted octanol–water partition coefficient (Wildman–Crippen LogP) is 3.57. The van der Waals surface area contributed by atoms with Crippen molar-refractivity contribution in [2.24, 2.45) is 5.29 Å². The van der Waals surface area contributed by atoms with Crippen molar-refractivity contribution < 1.29 is 13.2 Å². The summed E-state index contributed by atoms with van der Waals surface area (Å²) in [4.78, 5) is 10.3. The summed E-state index contributed by atoms with van der Waals surface area (Å²) in [5.74, 6) is 0.0744. The van der Waals surface area contributed by atoms with E-state index in [4.69, 9.17) is 0 Å². The molecule has 0 spiro atoms. The van der Waals surface area contributed by atoms with Gasteiger partial charge in [-0.3, -0.25) is 5.01 Å². The summed E-state index contributed by atoms with van der Waals surface area (Å²) in [7, 11) is 0. The van der Waals surface area contributed by atoms with Crippen molar-refractivity contribution in [2.45, 2.75) is 24.9 Å². The summed E-state index contributed by atoms with van der Waals surface area (Å²) in [6.45, 7) is 1.01. The SMILES string of the molecule is O=NN1CCC(c2cccc(C(F)(F)F)c2)CC1. The Kier molecular flexibility index (Phi) is 3.54. The summed E-state index contributed by atoms with van der Waals surface area (Å²) in [5, 5.41) is 4.24. The molecule has 2 rings (SSSR count). The summed E-state index contributed by atoms with van der Waals surface area (Å²) >= 11 is 0. The van der Waals surface area contributed by atoms with Crippen LogP contribution in [0.15, 0.2) is 29.6 Å². The molecule has 1 heterocycles. The molecule has 3 nitrogen and oxygen atoms in total. The van der Waals surface area contributed by atoms with Crippen LogP contribution in [0.5, 0.6) is 0 Å². The van der Waals surface area contributed by atoms with Gasteiger partial charge in [-0.25, -0.2) is 0 Å². The van der Waals surface area contributed by atoms with Crippen molar-refractivity contribution in [3.8, 4) is 0 Å². The summed E-state index contributed by atoms with van der Waals surface area (Å²) in [6.07, 6.45) is -2.98. The van der Waals surface area contributed by atoms with Gasteiger partial charge >= 0.3 is 6.18 Å². The second kappa shape index (κ2) is 4.96. The zero-order chi connectivity index (χ0) is 13.2. The number of benzene rings is 1. The molecule has 1 aliphatic heterocycles. The van der Waals surface area contributed by atoms with E-state index in [-0.39, 0.29) is 5.92 Å². The van der Waals surface area contributed by atoms with Crippen LogP contribution in [0, 0.1) is 4.91 Å². The number of nitroso groups, excluding NO2 is 1. The van der Waals surface area contributed by atoms with Gasteiger partial charge in [-0.1, -0.05) is 18.2 Å². The minimum absolute atomic E-state index is 0.0744. The topological polar surface area (TPSA) is 32.7 Å². The third-order valence-electron chi connectivity index (χ3n) is 3.27. The van der Waals surface area contributed by atoms with Gasteiger partial charge in [0, 0.05) is 13.1 Å². The minimum Gasteiger partial charge on any atom is -0.261 e. The van der Waals surface area contributed by atoms with Crippen molar-refractivity contribution in [1.29, 1.82) is 0 Å². The van der Waals surface area contributed by atoms with E-state index in [1.54, 1.807) is 6.07 Å². The zero-order valence-corrected chi connectivity index (χ0v) is 9.65. The molecule has 1 aliphatic rings. The third kappa shape index (κ3) is 2.80. The molecule has 0 atom stereocenters. The number of alkyl halides is 3. The molecule has 98 valence electrons. The van der Waals surface area contributed by atoms with Gasteiger partial charge in [0.15, 0.2) is 0 Å². The largest absolute Gasteiger partial charge is 0.416 e. The highest BCUT2D eigenvalue weighted by molar-refractivity contribution is 5.28. The first-order valence-electron chi connectivity index (χ1n) is 5.76. The number of nitrogens with zero attached hydrogens (tertiary/aromatic N) is 2. The number of hydrogen-bond donors (Lipinski definition) is 0. The second-order valence-electron chi connectivity index (χ2n) is 4.43. The van der Waals surface area contributed by atoms with E-state index in [1.807, 2.05) is 0 Å². The van der Waals surface area contributed by atoms with E-state index in [9.17, 15) is 18.1 Å². The van der Waals surface area contributed by atoms with Crippen LogP contribution in [0.2, 0.25) is 0 Å². The summed E-state index contributed by atoms with van der Waals surface area (Å²) in [5.41, 5.74) is 0.0753. The lowest BCUT2D eigenvalue weighted by molar-refractivity contribution is -0.137. The molecule has 1 aromatic carbocycles. The lowest BCUT2D eigenvalue weighted by Gasteiger charge is -2.28. The van der Waals surface area contributed by atoms with Gasteiger partial charge < -0.3 is 0 Å². The Morgan fingerprint density at radius 2 is 1.89 bits per heavy atom. The Hall–Kier alpha value is -1.59. The average Bonchev–Trinajstić information content (AvgIpc) is 2.38. The fraction of sp³-hybridized carbons (Fsp3) is 0.500. The van der Waals surface area contributed by atoms with Crippen LogP contribution in [-0.2, 0) is 6.18 Å². The Morgan fingerprint density at radius 1 is 1.22 bits per heavy atom.